The molecular weight excluding hydrogens is 820 g/mol. The van der Waals surface area contributed by atoms with Gasteiger partial charge in [-0.3, -0.25) is 34.5 Å². The highest BCUT2D eigenvalue weighted by atomic mass is 19.4. The zero-order valence-electron chi connectivity index (χ0n) is 34.3. The fourth-order valence-electron chi connectivity index (χ4n) is 7.62. The van der Waals surface area contributed by atoms with E-state index >= 15 is 0 Å². The van der Waals surface area contributed by atoms with E-state index in [0.29, 0.717) is 60.8 Å². The van der Waals surface area contributed by atoms with E-state index in [2.05, 4.69) is 47.9 Å². The molecule has 3 aliphatic rings. The summed E-state index contributed by atoms with van der Waals surface area (Å²) in [7, 11) is 0. The number of fused-ring (bicyclic) bond motifs is 2. The van der Waals surface area contributed by atoms with Gasteiger partial charge in [0.15, 0.2) is 17.4 Å². The van der Waals surface area contributed by atoms with Crippen LogP contribution in [-0.2, 0) is 27.1 Å². The first-order valence-electron chi connectivity index (χ1n) is 20.7. The van der Waals surface area contributed by atoms with Gasteiger partial charge in [-0.15, -0.1) is 0 Å². The second kappa shape index (κ2) is 18.7. The number of alkyl halides is 3. The van der Waals surface area contributed by atoms with Crippen molar-refractivity contribution in [2.45, 2.75) is 64.2 Å². The third kappa shape index (κ3) is 10.5. The molecule has 2 fully saturated rings. The molecule has 3 aromatic carbocycles. The lowest BCUT2D eigenvalue weighted by atomic mass is 10.0. The normalized spacial score (nSPS) is 17.0. The number of pyridine rings is 1. The Morgan fingerprint density at radius 2 is 1.75 bits per heavy atom. The van der Waals surface area contributed by atoms with Crippen molar-refractivity contribution in [2.75, 3.05) is 43.4 Å². The molecule has 3 aliphatic heterocycles. The second-order valence-corrected chi connectivity index (χ2v) is 15.7. The number of unbranched alkanes of at least 4 members (excludes halogenated alkanes) is 2. The van der Waals surface area contributed by atoms with E-state index in [1.807, 2.05) is 17.9 Å². The average molecular weight is 864 g/mol. The quantitative estimate of drug-likeness (QED) is 0.0662. The number of halogens is 3. The first kappa shape index (κ1) is 42.9. The zero-order chi connectivity index (χ0) is 44.1. The van der Waals surface area contributed by atoms with Gasteiger partial charge in [-0.2, -0.15) is 18.3 Å². The summed E-state index contributed by atoms with van der Waals surface area (Å²) in [6.07, 6.45) is 1.63. The number of nitrogens with one attached hydrogen (secondary N) is 4. The summed E-state index contributed by atoms with van der Waals surface area (Å²) in [5, 5.41) is 16.4. The smallest absolute Gasteiger partial charge is 0.366 e. The van der Waals surface area contributed by atoms with Crippen LogP contribution in [0.2, 0.25) is 0 Å². The molecule has 5 heterocycles. The number of piperazine rings is 1. The van der Waals surface area contributed by atoms with Crippen molar-refractivity contribution in [1.29, 1.82) is 0 Å². The maximum absolute atomic E-state index is 14.4. The Morgan fingerprint density at radius 3 is 2.56 bits per heavy atom. The van der Waals surface area contributed by atoms with Crippen LogP contribution in [0.4, 0.5) is 24.5 Å². The van der Waals surface area contributed by atoms with E-state index in [0.717, 1.165) is 41.6 Å². The maximum atomic E-state index is 14.4. The highest BCUT2D eigenvalue weighted by Crippen LogP contribution is 2.42. The number of aromatic amines is 1. The Bertz CT molecular complexity index is 2610. The van der Waals surface area contributed by atoms with Crippen molar-refractivity contribution in [3.05, 3.63) is 106 Å². The van der Waals surface area contributed by atoms with Gasteiger partial charge < -0.3 is 25.2 Å². The molecule has 0 radical (unpaired) electrons. The van der Waals surface area contributed by atoms with Crippen LogP contribution in [-0.4, -0.2) is 92.6 Å². The molecule has 8 rings (SSSR count). The fraction of sp³-hybridized carbons (Fsp3) is 0.333. The van der Waals surface area contributed by atoms with E-state index in [-0.39, 0.29) is 60.2 Å². The monoisotopic (exact) mass is 863 g/mol. The van der Waals surface area contributed by atoms with Gasteiger partial charge in [0.2, 0.25) is 17.6 Å². The number of carbonyl (C=O) groups excluding carboxylic acids is 4. The van der Waals surface area contributed by atoms with Gasteiger partial charge in [-0.05, 0) is 86.3 Å². The van der Waals surface area contributed by atoms with Gasteiger partial charge in [0.25, 0.3) is 11.8 Å². The summed E-state index contributed by atoms with van der Waals surface area (Å²) in [6.45, 7) is 5.38. The number of aryl methyl sites for hydroxylation is 1. The van der Waals surface area contributed by atoms with Crippen molar-refractivity contribution in [1.82, 2.24) is 35.5 Å². The number of hydrogen-bond donors (Lipinski definition) is 4. The highest BCUT2D eigenvalue weighted by Gasteiger charge is 2.40. The first-order valence-corrected chi connectivity index (χ1v) is 20.7. The molecule has 18 heteroatoms. The Labute approximate surface area is 360 Å². The highest BCUT2D eigenvalue weighted by molar-refractivity contribution is 6.04. The van der Waals surface area contributed by atoms with Gasteiger partial charge in [-0.1, -0.05) is 36.5 Å². The largest absolute Gasteiger partial charge is 0.416 e. The van der Waals surface area contributed by atoms with Crippen LogP contribution in [0.25, 0.3) is 11.0 Å². The van der Waals surface area contributed by atoms with E-state index < -0.39 is 29.6 Å². The molecule has 2 aromatic heterocycles. The minimum Gasteiger partial charge on any atom is -0.366 e. The lowest BCUT2D eigenvalue weighted by molar-refractivity contribution is -0.252. The number of hydrogen-bond acceptors (Lipinski definition) is 11. The molecule has 0 bridgehead atoms. The van der Waals surface area contributed by atoms with E-state index in [4.69, 9.17) is 9.68 Å². The summed E-state index contributed by atoms with van der Waals surface area (Å²) in [4.78, 5) is 69.9. The number of anilines is 2. The summed E-state index contributed by atoms with van der Waals surface area (Å²) in [5.74, 6) is 5.12. The van der Waals surface area contributed by atoms with Gasteiger partial charge >= 0.3 is 6.18 Å². The average Bonchev–Trinajstić information content (AvgIpc) is 3.92. The standard InChI is InChI=1S/C45H44F3N9O6/c1-28-9-11-31(23-30(28)12-10-29-22-33-26-50-54-42(33)49-25-29)43(60)51-34-14-13-32(35(24-34)45(46,47)48)27-56-20-18-55(19-21-56)17-4-2-3-8-39(58)52-36-6-5-7-38-41(36)63-57(62-38)37-15-16-40(59)53-44(37)61/h5-7,9,11,13-14,22-26,37H,2-4,8,15-21,27H2,1H3,(H,51,60)(H,52,58)(H,49,50,54)(H,53,59,61). The van der Waals surface area contributed by atoms with Crippen LogP contribution in [0.15, 0.2) is 73.1 Å². The van der Waals surface area contributed by atoms with Crippen molar-refractivity contribution < 1.29 is 42.0 Å². The van der Waals surface area contributed by atoms with E-state index in [1.165, 1.54) is 12.1 Å². The lowest BCUT2D eigenvalue weighted by Crippen LogP contribution is -2.53. The third-order valence-electron chi connectivity index (χ3n) is 11.1. The summed E-state index contributed by atoms with van der Waals surface area (Å²) >= 11 is 0. The topological polar surface area (TPSA) is 174 Å². The molecule has 2 saturated heterocycles. The number of amides is 4. The molecule has 326 valence electrons. The molecular formula is C45H44F3N9O6. The SMILES string of the molecule is Cc1ccc(C(=O)Nc2ccc(CN3CCN(CCCCCC(=O)Nc4cccc5c4ON(C4CCC(=O)NC4=O)O5)CC3)c(C(F)(F)F)c2)cc1C#Cc1cnc2[nH]ncc2c1. The Morgan fingerprint density at radius 1 is 0.921 bits per heavy atom. The maximum Gasteiger partial charge on any atom is 0.416 e. The zero-order valence-corrected chi connectivity index (χ0v) is 34.3. The molecule has 15 nitrogen and oxygen atoms in total. The summed E-state index contributed by atoms with van der Waals surface area (Å²) < 4.78 is 43.2. The number of H-pyrrole nitrogens is 1. The molecule has 1 atom stereocenters. The molecule has 0 saturated carbocycles. The van der Waals surface area contributed by atoms with Gasteiger partial charge in [-0.25, -0.2) is 4.98 Å². The Kier molecular flexibility index (Phi) is 12.7. The van der Waals surface area contributed by atoms with Gasteiger partial charge in [0.05, 0.1) is 17.4 Å². The van der Waals surface area contributed by atoms with Crippen LogP contribution in [0.1, 0.15) is 76.7 Å². The van der Waals surface area contributed by atoms with Crippen LogP contribution >= 0.6 is 0 Å². The van der Waals surface area contributed by atoms with Crippen LogP contribution in [0, 0.1) is 18.8 Å². The van der Waals surface area contributed by atoms with Crippen molar-refractivity contribution >= 4 is 46.0 Å². The number of piperidine rings is 1. The molecule has 4 N–H and O–H groups in total. The van der Waals surface area contributed by atoms with Crippen molar-refractivity contribution in [3.8, 4) is 23.3 Å². The molecule has 63 heavy (non-hydrogen) atoms. The molecule has 1 unspecified atom stereocenters. The number of rotatable bonds is 12. The first-order chi connectivity index (χ1) is 30.4. The van der Waals surface area contributed by atoms with Crippen molar-refractivity contribution in [2.24, 2.45) is 0 Å². The fourth-order valence-corrected chi connectivity index (χ4v) is 7.62. The predicted molar refractivity (Wildman–Crippen MR) is 225 cm³/mol. The molecule has 4 amide bonds. The molecule has 0 spiro atoms. The summed E-state index contributed by atoms with van der Waals surface area (Å²) in [5.41, 5.74) is 2.79. The van der Waals surface area contributed by atoms with Crippen molar-refractivity contribution in [3.63, 3.8) is 0 Å². The van der Waals surface area contributed by atoms with E-state index in [1.54, 1.807) is 48.8 Å². The third-order valence-corrected chi connectivity index (χ3v) is 11.1. The number of hydroxylamine groups is 2. The lowest BCUT2D eigenvalue weighted by Gasteiger charge is -2.35. The van der Waals surface area contributed by atoms with Crippen LogP contribution < -0.4 is 25.6 Å². The number of benzene rings is 3. The van der Waals surface area contributed by atoms with Gasteiger partial charge in [0.1, 0.15) is 0 Å². The Hall–Kier alpha value is -6.81. The predicted octanol–water partition coefficient (Wildman–Crippen LogP) is 5.96. The number of nitrogens with zero attached hydrogens (tertiary/aromatic N) is 5. The number of aromatic nitrogens is 3. The number of para-hydroxylation sites is 1. The van der Waals surface area contributed by atoms with Crippen LogP contribution in [0.5, 0.6) is 11.5 Å². The van der Waals surface area contributed by atoms with Gasteiger partial charge in [0, 0.05) is 84.8 Å². The minimum absolute atomic E-state index is 0.0386. The Balaban J connectivity index is 0.773. The minimum atomic E-state index is -4.63. The number of imide groups is 1. The molecule has 5 aromatic rings. The van der Waals surface area contributed by atoms with E-state index in [9.17, 15) is 32.3 Å². The second-order valence-electron chi connectivity index (χ2n) is 15.7. The number of carbonyl (C=O) groups is 4. The summed E-state index contributed by atoms with van der Waals surface area (Å²) in [6, 6.07) is 15.0. The van der Waals surface area contributed by atoms with Crippen LogP contribution in [0.3, 0.4) is 0 Å². The molecule has 0 aliphatic carbocycles.